The topological polar surface area (TPSA) is 62.1 Å². The molecule has 0 radical (unpaired) electrons. The SMILES string of the molecule is Cc1cc(C)nc(Cn2ccnc2-c2cc3c(cc2C)OCCO3)n1. The molecule has 1 aliphatic rings. The van der Waals surface area contributed by atoms with Crippen molar-refractivity contribution in [3.8, 4) is 22.9 Å². The molecule has 0 bridgehead atoms. The predicted octanol–water partition coefficient (Wildman–Crippen LogP) is 3.08. The van der Waals surface area contributed by atoms with Crippen LogP contribution in [-0.4, -0.2) is 32.7 Å². The number of ether oxygens (including phenoxy) is 2. The van der Waals surface area contributed by atoms with Gasteiger partial charge in [-0.25, -0.2) is 15.0 Å². The quantitative estimate of drug-likeness (QED) is 0.735. The van der Waals surface area contributed by atoms with Crippen molar-refractivity contribution in [3.05, 3.63) is 53.4 Å². The maximum atomic E-state index is 5.72. The lowest BCUT2D eigenvalue weighted by Gasteiger charge is -2.20. The Kier molecular flexibility index (Phi) is 3.87. The van der Waals surface area contributed by atoms with Crippen LogP contribution in [0.4, 0.5) is 0 Å². The first-order chi connectivity index (χ1) is 12.1. The number of aryl methyl sites for hydroxylation is 3. The monoisotopic (exact) mass is 336 g/mol. The summed E-state index contributed by atoms with van der Waals surface area (Å²) in [7, 11) is 0. The third kappa shape index (κ3) is 3.07. The second-order valence-corrected chi connectivity index (χ2v) is 6.26. The van der Waals surface area contributed by atoms with E-state index >= 15 is 0 Å². The minimum absolute atomic E-state index is 0.570. The van der Waals surface area contributed by atoms with Gasteiger partial charge in [0, 0.05) is 29.3 Å². The average molecular weight is 336 g/mol. The zero-order valence-corrected chi connectivity index (χ0v) is 14.6. The summed E-state index contributed by atoms with van der Waals surface area (Å²) >= 11 is 0. The molecule has 0 atom stereocenters. The van der Waals surface area contributed by atoms with E-state index in [1.165, 1.54) is 0 Å². The van der Waals surface area contributed by atoms with E-state index in [2.05, 4.69) is 26.4 Å². The number of fused-ring (bicyclic) bond motifs is 1. The molecule has 2 aromatic heterocycles. The molecule has 0 aliphatic carbocycles. The van der Waals surface area contributed by atoms with Crippen LogP contribution < -0.4 is 9.47 Å². The first kappa shape index (κ1) is 15.6. The first-order valence-corrected chi connectivity index (χ1v) is 8.33. The highest BCUT2D eigenvalue weighted by Gasteiger charge is 2.18. The summed E-state index contributed by atoms with van der Waals surface area (Å²) in [6.07, 6.45) is 3.75. The summed E-state index contributed by atoms with van der Waals surface area (Å²) in [5.41, 5.74) is 4.07. The van der Waals surface area contributed by atoms with Crippen LogP contribution in [0.25, 0.3) is 11.4 Å². The van der Waals surface area contributed by atoms with Gasteiger partial charge in [0.05, 0.1) is 6.54 Å². The smallest absolute Gasteiger partial charge is 0.162 e. The van der Waals surface area contributed by atoms with Gasteiger partial charge >= 0.3 is 0 Å². The second-order valence-electron chi connectivity index (χ2n) is 6.26. The lowest BCUT2D eigenvalue weighted by atomic mass is 10.1. The highest BCUT2D eigenvalue weighted by Crippen LogP contribution is 2.36. The lowest BCUT2D eigenvalue weighted by Crippen LogP contribution is -2.15. The third-order valence-electron chi connectivity index (χ3n) is 4.19. The predicted molar refractivity (Wildman–Crippen MR) is 94.0 cm³/mol. The van der Waals surface area contributed by atoms with Crippen molar-refractivity contribution in [3.63, 3.8) is 0 Å². The van der Waals surface area contributed by atoms with Crippen LogP contribution in [0.3, 0.4) is 0 Å². The van der Waals surface area contributed by atoms with Gasteiger partial charge in [0.15, 0.2) is 11.5 Å². The fourth-order valence-electron chi connectivity index (χ4n) is 3.13. The van der Waals surface area contributed by atoms with Gasteiger partial charge in [-0.05, 0) is 44.5 Å². The molecule has 0 saturated heterocycles. The first-order valence-electron chi connectivity index (χ1n) is 8.33. The van der Waals surface area contributed by atoms with E-state index in [1.807, 2.05) is 38.2 Å². The number of nitrogens with zero attached hydrogens (tertiary/aromatic N) is 4. The maximum Gasteiger partial charge on any atom is 0.162 e. The highest BCUT2D eigenvalue weighted by molar-refractivity contribution is 5.66. The van der Waals surface area contributed by atoms with Crippen molar-refractivity contribution in [2.45, 2.75) is 27.3 Å². The molecule has 0 spiro atoms. The second kappa shape index (κ2) is 6.20. The van der Waals surface area contributed by atoms with Crippen LogP contribution in [-0.2, 0) is 6.54 Å². The molecule has 128 valence electrons. The zero-order valence-electron chi connectivity index (χ0n) is 14.6. The molecule has 6 heteroatoms. The fourth-order valence-corrected chi connectivity index (χ4v) is 3.13. The number of rotatable bonds is 3. The van der Waals surface area contributed by atoms with Crippen LogP contribution >= 0.6 is 0 Å². The maximum absolute atomic E-state index is 5.72. The van der Waals surface area contributed by atoms with Gasteiger partial charge in [-0.2, -0.15) is 0 Å². The van der Waals surface area contributed by atoms with Crippen LogP contribution in [0.5, 0.6) is 11.5 Å². The molecule has 0 N–H and O–H groups in total. The molecule has 0 unspecified atom stereocenters. The normalized spacial score (nSPS) is 13.1. The average Bonchev–Trinajstić information content (AvgIpc) is 3.01. The molecule has 0 saturated carbocycles. The van der Waals surface area contributed by atoms with Crippen molar-refractivity contribution in [2.24, 2.45) is 0 Å². The van der Waals surface area contributed by atoms with Gasteiger partial charge < -0.3 is 14.0 Å². The molecule has 1 aromatic carbocycles. The van der Waals surface area contributed by atoms with Crippen LogP contribution in [0.2, 0.25) is 0 Å². The van der Waals surface area contributed by atoms with Gasteiger partial charge in [-0.15, -0.1) is 0 Å². The minimum atomic E-state index is 0.570. The Morgan fingerprint density at radius 1 is 0.960 bits per heavy atom. The Hall–Kier alpha value is -2.89. The van der Waals surface area contributed by atoms with Gasteiger partial charge in [0.1, 0.15) is 24.9 Å². The van der Waals surface area contributed by atoms with E-state index in [9.17, 15) is 0 Å². The van der Waals surface area contributed by atoms with Crippen LogP contribution in [0, 0.1) is 20.8 Å². The van der Waals surface area contributed by atoms with Gasteiger partial charge in [0.25, 0.3) is 0 Å². The summed E-state index contributed by atoms with van der Waals surface area (Å²) in [4.78, 5) is 13.6. The largest absolute Gasteiger partial charge is 0.486 e. The molecule has 1 aliphatic heterocycles. The number of benzene rings is 1. The fraction of sp³-hybridized carbons (Fsp3) is 0.316. The lowest BCUT2D eigenvalue weighted by molar-refractivity contribution is 0.171. The molecule has 6 nitrogen and oxygen atoms in total. The van der Waals surface area contributed by atoms with Crippen molar-refractivity contribution in [1.29, 1.82) is 0 Å². The van der Waals surface area contributed by atoms with Gasteiger partial charge in [0.2, 0.25) is 0 Å². The Bertz CT molecular complexity index is 913. The molecule has 3 heterocycles. The van der Waals surface area contributed by atoms with E-state index in [0.29, 0.717) is 19.8 Å². The highest BCUT2D eigenvalue weighted by atomic mass is 16.6. The zero-order chi connectivity index (χ0) is 17.4. The Morgan fingerprint density at radius 3 is 2.36 bits per heavy atom. The van der Waals surface area contributed by atoms with E-state index in [1.54, 1.807) is 6.20 Å². The summed E-state index contributed by atoms with van der Waals surface area (Å²) in [6.45, 7) is 7.76. The van der Waals surface area contributed by atoms with E-state index in [-0.39, 0.29) is 0 Å². The Morgan fingerprint density at radius 2 is 1.64 bits per heavy atom. The standard InChI is InChI=1S/C19H20N4O2/c1-12-8-16-17(25-7-6-24-16)10-15(12)19-20-4-5-23(19)11-18-21-13(2)9-14(3)22-18/h4-5,8-10H,6-7,11H2,1-3H3. The molecule has 3 aromatic rings. The summed E-state index contributed by atoms with van der Waals surface area (Å²) < 4.78 is 13.4. The Balaban J connectivity index is 1.72. The molecular weight excluding hydrogens is 316 g/mol. The van der Waals surface area contributed by atoms with Gasteiger partial charge in [-0.1, -0.05) is 0 Å². The summed E-state index contributed by atoms with van der Waals surface area (Å²) in [5.74, 6) is 3.22. The molecule has 4 rings (SSSR count). The molecular formula is C19H20N4O2. The summed E-state index contributed by atoms with van der Waals surface area (Å²) in [6, 6.07) is 5.99. The number of hydrogen-bond donors (Lipinski definition) is 0. The van der Waals surface area contributed by atoms with Gasteiger partial charge in [-0.3, -0.25) is 0 Å². The van der Waals surface area contributed by atoms with Crippen molar-refractivity contribution in [2.75, 3.05) is 13.2 Å². The molecule has 0 fully saturated rings. The van der Waals surface area contributed by atoms with Crippen LogP contribution in [0.15, 0.2) is 30.6 Å². The van der Waals surface area contributed by atoms with Crippen LogP contribution in [0.1, 0.15) is 22.8 Å². The Labute approximate surface area is 146 Å². The number of hydrogen-bond acceptors (Lipinski definition) is 5. The third-order valence-corrected chi connectivity index (χ3v) is 4.19. The minimum Gasteiger partial charge on any atom is -0.486 e. The van der Waals surface area contributed by atoms with E-state index in [0.717, 1.165) is 45.7 Å². The molecule has 25 heavy (non-hydrogen) atoms. The van der Waals surface area contributed by atoms with Crippen molar-refractivity contribution in [1.82, 2.24) is 19.5 Å². The van der Waals surface area contributed by atoms with E-state index in [4.69, 9.17) is 9.47 Å². The van der Waals surface area contributed by atoms with Crippen molar-refractivity contribution < 1.29 is 9.47 Å². The number of imidazole rings is 1. The van der Waals surface area contributed by atoms with Crippen molar-refractivity contribution >= 4 is 0 Å². The molecule has 0 amide bonds. The summed E-state index contributed by atoms with van der Waals surface area (Å²) in [5, 5.41) is 0. The van der Waals surface area contributed by atoms with E-state index < -0.39 is 0 Å². The number of aromatic nitrogens is 4.